The SMILES string of the molecule is C=CCCC(=O)NCc1ccc(C(=O)Nc2ccccc2N)cn1. The van der Waals surface area contributed by atoms with Crippen molar-refractivity contribution in [2.75, 3.05) is 11.1 Å². The molecule has 0 aliphatic rings. The van der Waals surface area contributed by atoms with Crippen LogP contribution in [0.25, 0.3) is 0 Å². The van der Waals surface area contributed by atoms with Crippen LogP contribution in [0.2, 0.25) is 0 Å². The number of carbonyl (C=O) groups is 2. The van der Waals surface area contributed by atoms with Crippen molar-refractivity contribution >= 4 is 23.2 Å². The summed E-state index contributed by atoms with van der Waals surface area (Å²) < 4.78 is 0. The van der Waals surface area contributed by atoms with Crippen molar-refractivity contribution in [2.24, 2.45) is 0 Å². The molecule has 2 aromatic rings. The first kappa shape index (κ1) is 17.2. The summed E-state index contributed by atoms with van der Waals surface area (Å²) in [7, 11) is 0. The maximum atomic E-state index is 12.2. The number of allylic oxidation sites excluding steroid dienone is 1. The lowest BCUT2D eigenvalue weighted by molar-refractivity contribution is -0.121. The van der Waals surface area contributed by atoms with E-state index in [-0.39, 0.29) is 11.8 Å². The summed E-state index contributed by atoms with van der Waals surface area (Å²) >= 11 is 0. The Kier molecular flexibility index (Phi) is 6.08. The van der Waals surface area contributed by atoms with E-state index < -0.39 is 0 Å². The van der Waals surface area contributed by atoms with Crippen molar-refractivity contribution in [3.8, 4) is 0 Å². The second-order valence-corrected chi connectivity index (χ2v) is 5.18. The molecule has 1 heterocycles. The maximum absolute atomic E-state index is 12.2. The van der Waals surface area contributed by atoms with E-state index in [4.69, 9.17) is 5.73 Å². The van der Waals surface area contributed by atoms with Gasteiger partial charge in [0.15, 0.2) is 0 Å². The summed E-state index contributed by atoms with van der Waals surface area (Å²) in [6.45, 7) is 3.90. The zero-order valence-corrected chi connectivity index (χ0v) is 13.3. The highest BCUT2D eigenvalue weighted by Crippen LogP contribution is 2.17. The molecule has 1 aromatic carbocycles. The number of benzene rings is 1. The number of nitrogens with one attached hydrogen (secondary N) is 2. The molecule has 2 rings (SSSR count). The van der Waals surface area contributed by atoms with Gasteiger partial charge in [-0.2, -0.15) is 0 Å². The molecular formula is C18H20N4O2. The van der Waals surface area contributed by atoms with Gasteiger partial charge in [-0.1, -0.05) is 18.2 Å². The highest BCUT2D eigenvalue weighted by Gasteiger charge is 2.08. The minimum Gasteiger partial charge on any atom is -0.397 e. The Hall–Kier alpha value is -3.15. The van der Waals surface area contributed by atoms with Gasteiger partial charge >= 0.3 is 0 Å². The molecule has 0 spiro atoms. The Labute approximate surface area is 140 Å². The van der Waals surface area contributed by atoms with E-state index in [9.17, 15) is 9.59 Å². The molecule has 2 amide bonds. The molecule has 0 saturated heterocycles. The smallest absolute Gasteiger partial charge is 0.257 e. The summed E-state index contributed by atoms with van der Waals surface area (Å²) in [6.07, 6.45) is 4.22. The second-order valence-electron chi connectivity index (χ2n) is 5.18. The van der Waals surface area contributed by atoms with Gasteiger partial charge in [0, 0.05) is 12.6 Å². The lowest BCUT2D eigenvalue weighted by Gasteiger charge is -2.08. The van der Waals surface area contributed by atoms with Gasteiger partial charge in [-0.3, -0.25) is 14.6 Å². The van der Waals surface area contributed by atoms with Crippen LogP contribution in [0.4, 0.5) is 11.4 Å². The van der Waals surface area contributed by atoms with Crippen LogP contribution >= 0.6 is 0 Å². The third-order valence-electron chi connectivity index (χ3n) is 3.34. The molecule has 0 aliphatic carbocycles. The maximum Gasteiger partial charge on any atom is 0.257 e. The molecule has 0 fully saturated rings. The standard InChI is InChI=1S/C18H20N4O2/c1-2-3-8-17(23)21-12-14-10-9-13(11-20-14)18(24)22-16-7-5-4-6-15(16)19/h2,4-7,9-11H,1,3,8,12,19H2,(H,21,23)(H,22,24). The normalized spacial score (nSPS) is 10.0. The Morgan fingerprint density at radius 3 is 2.67 bits per heavy atom. The van der Waals surface area contributed by atoms with Crippen LogP contribution in [-0.2, 0) is 11.3 Å². The highest BCUT2D eigenvalue weighted by atomic mass is 16.2. The Balaban J connectivity index is 1.91. The van der Waals surface area contributed by atoms with Crippen LogP contribution < -0.4 is 16.4 Å². The number of carbonyl (C=O) groups excluding carboxylic acids is 2. The highest BCUT2D eigenvalue weighted by molar-refractivity contribution is 6.05. The Morgan fingerprint density at radius 2 is 2.00 bits per heavy atom. The van der Waals surface area contributed by atoms with E-state index in [1.165, 1.54) is 6.20 Å². The molecule has 0 saturated carbocycles. The first-order chi connectivity index (χ1) is 11.6. The summed E-state index contributed by atoms with van der Waals surface area (Å²) in [5.74, 6) is -0.347. The lowest BCUT2D eigenvalue weighted by atomic mass is 10.2. The summed E-state index contributed by atoms with van der Waals surface area (Å²) in [5.41, 5.74) is 7.95. The van der Waals surface area contributed by atoms with Gasteiger partial charge in [0.2, 0.25) is 5.91 Å². The molecule has 0 aliphatic heterocycles. The number of hydrogen-bond acceptors (Lipinski definition) is 4. The van der Waals surface area contributed by atoms with Crippen LogP contribution in [0.5, 0.6) is 0 Å². The lowest BCUT2D eigenvalue weighted by Crippen LogP contribution is -2.22. The van der Waals surface area contributed by atoms with E-state index in [0.717, 1.165) is 0 Å². The number of hydrogen-bond donors (Lipinski definition) is 3. The van der Waals surface area contributed by atoms with Crippen LogP contribution in [0.1, 0.15) is 28.9 Å². The van der Waals surface area contributed by atoms with E-state index in [1.807, 2.05) is 0 Å². The Bertz CT molecular complexity index is 726. The number of rotatable bonds is 7. The van der Waals surface area contributed by atoms with E-state index in [1.54, 1.807) is 42.5 Å². The van der Waals surface area contributed by atoms with Gasteiger partial charge in [0.1, 0.15) is 0 Å². The zero-order chi connectivity index (χ0) is 17.4. The molecule has 0 radical (unpaired) electrons. The van der Waals surface area contributed by atoms with Crippen LogP contribution in [0, 0.1) is 0 Å². The molecule has 0 bridgehead atoms. The van der Waals surface area contributed by atoms with E-state index >= 15 is 0 Å². The zero-order valence-electron chi connectivity index (χ0n) is 13.3. The van der Waals surface area contributed by atoms with E-state index in [2.05, 4.69) is 22.2 Å². The van der Waals surface area contributed by atoms with Crippen LogP contribution in [0.15, 0.2) is 55.3 Å². The topological polar surface area (TPSA) is 97.1 Å². The average Bonchev–Trinajstić information content (AvgIpc) is 2.60. The number of nitrogen functional groups attached to an aromatic ring is 1. The second kappa shape index (κ2) is 8.47. The minimum absolute atomic E-state index is 0.0573. The number of para-hydroxylation sites is 2. The summed E-state index contributed by atoms with van der Waals surface area (Å²) in [6, 6.07) is 10.4. The number of pyridine rings is 1. The van der Waals surface area contributed by atoms with Crippen molar-refractivity contribution in [2.45, 2.75) is 19.4 Å². The minimum atomic E-state index is -0.290. The Morgan fingerprint density at radius 1 is 1.21 bits per heavy atom. The number of nitrogens with two attached hydrogens (primary N) is 1. The van der Waals surface area contributed by atoms with Gasteiger partial charge < -0.3 is 16.4 Å². The fraction of sp³-hybridized carbons (Fsp3) is 0.167. The fourth-order valence-corrected chi connectivity index (χ4v) is 1.98. The van der Waals surface area contributed by atoms with E-state index in [0.29, 0.717) is 42.0 Å². The van der Waals surface area contributed by atoms with Gasteiger partial charge in [-0.05, 0) is 30.7 Å². The third kappa shape index (κ3) is 4.95. The van der Waals surface area contributed by atoms with Crippen molar-refractivity contribution in [1.82, 2.24) is 10.3 Å². The van der Waals surface area contributed by atoms with Gasteiger partial charge in [0.05, 0.1) is 29.2 Å². The summed E-state index contributed by atoms with van der Waals surface area (Å²) in [4.78, 5) is 27.9. The quantitative estimate of drug-likeness (QED) is 0.538. The molecule has 6 heteroatoms. The van der Waals surface area contributed by atoms with Gasteiger partial charge in [-0.25, -0.2) is 0 Å². The number of amides is 2. The van der Waals surface area contributed by atoms with Crippen molar-refractivity contribution < 1.29 is 9.59 Å². The van der Waals surface area contributed by atoms with Crippen molar-refractivity contribution in [3.63, 3.8) is 0 Å². The molecule has 6 nitrogen and oxygen atoms in total. The largest absolute Gasteiger partial charge is 0.397 e. The predicted octanol–water partition coefficient (Wildman–Crippen LogP) is 2.50. The molecule has 1 aromatic heterocycles. The number of aromatic nitrogens is 1. The van der Waals surface area contributed by atoms with Crippen LogP contribution in [0.3, 0.4) is 0 Å². The van der Waals surface area contributed by atoms with Crippen molar-refractivity contribution in [1.29, 1.82) is 0 Å². The summed E-state index contributed by atoms with van der Waals surface area (Å²) in [5, 5.41) is 5.50. The van der Waals surface area contributed by atoms with Gasteiger partial charge in [-0.15, -0.1) is 6.58 Å². The predicted molar refractivity (Wildman–Crippen MR) is 94.3 cm³/mol. The first-order valence-corrected chi connectivity index (χ1v) is 7.58. The molecule has 4 N–H and O–H groups in total. The fourth-order valence-electron chi connectivity index (χ4n) is 1.98. The molecule has 124 valence electrons. The third-order valence-corrected chi connectivity index (χ3v) is 3.34. The molecule has 24 heavy (non-hydrogen) atoms. The van der Waals surface area contributed by atoms with Crippen molar-refractivity contribution in [3.05, 3.63) is 66.5 Å². The number of nitrogens with zero attached hydrogens (tertiary/aromatic N) is 1. The molecular weight excluding hydrogens is 304 g/mol. The van der Waals surface area contributed by atoms with Gasteiger partial charge in [0.25, 0.3) is 5.91 Å². The average molecular weight is 324 g/mol. The molecule has 0 unspecified atom stereocenters. The first-order valence-electron chi connectivity index (χ1n) is 7.58. The molecule has 0 atom stereocenters. The number of anilines is 2. The monoisotopic (exact) mass is 324 g/mol. The van der Waals surface area contributed by atoms with Crippen LogP contribution in [-0.4, -0.2) is 16.8 Å².